The van der Waals surface area contributed by atoms with Gasteiger partial charge in [-0.2, -0.15) is 13.2 Å². The number of aryl methyl sites for hydroxylation is 2. The van der Waals surface area contributed by atoms with Crippen LogP contribution in [0.3, 0.4) is 0 Å². The van der Waals surface area contributed by atoms with Crippen LogP contribution in [-0.2, 0) is 6.18 Å². The molecule has 1 aromatic carbocycles. The van der Waals surface area contributed by atoms with Crippen LogP contribution in [0.15, 0.2) is 22.7 Å². The smallest absolute Gasteiger partial charge is 0.416 e. The van der Waals surface area contributed by atoms with Crippen LogP contribution < -0.4 is 4.74 Å². The van der Waals surface area contributed by atoms with E-state index < -0.39 is 30.3 Å². The number of alkyl halides is 5. The maximum Gasteiger partial charge on any atom is 0.416 e. The van der Waals surface area contributed by atoms with Gasteiger partial charge in [0.15, 0.2) is 0 Å². The highest BCUT2D eigenvalue weighted by Gasteiger charge is 2.38. The van der Waals surface area contributed by atoms with Gasteiger partial charge >= 0.3 is 6.18 Å². The van der Waals surface area contributed by atoms with Gasteiger partial charge in [0.05, 0.1) is 17.8 Å². The third kappa shape index (κ3) is 5.24. The fraction of sp³-hybridized carbons (Fsp3) is 0.526. The first-order valence-electron chi connectivity index (χ1n) is 9.01. The van der Waals surface area contributed by atoms with Gasteiger partial charge in [-0.3, -0.25) is 4.90 Å². The second-order valence-corrected chi connectivity index (χ2v) is 7.25. The minimum Gasteiger partial charge on any atom is -0.491 e. The molecule has 29 heavy (non-hydrogen) atoms. The van der Waals surface area contributed by atoms with Crippen LogP contribution in [0.5, 0.6) is 5.75 Å². The van der Waals surface area contributed by atoms with Gasteiger partial charge in [-0.15, -0.1) is 0 Å². The van der Waals surface area contributed by atoms with Gasteiger partial charge in [-0.1, -0.05) is 5.16 Å². The van der Waals surface area contributed by atoms with Gasteiger partial charge in [-0.25, -0.2) is 8.78 Å². The Morgan fingerprint density at radius 2 is 2.00 bits per heavy atom. The molecule has 0 amide bonds. The first-order valence-corrected chi connectivity index (χ1v) is 9.01. The number of likely N-dealkylation sites (tertiary alicyclic amines) is 1. The molecule has 0 spiro atoms. The summed E-state index contributed by atoms with van der Waals surface area (Å²) >= 11 is 0. The average Bonchev–Trinajstić information content (AvgIpc) is 3.13. The lowest BCUT2D eigenvalue weighted by Gasteiger charge is -2.20. The van der Waals surface area contributed by atoms with Crippen molar-refractivity contribution in [3.8, 4) is 16.9 Å². The molecule has 3 rings (SSSR count). The number of β-amino-alcohol motifs (C(OH)–C–C–N with tert-alkyl or cyclic N) is 1. The Kier molecular flexibility index (Phi) is 5.86. The number of benzene rings is 1. The summed E-state index contributed by atoms with van der Waals surface area (Å²) in [4.78, 5) is 1.40. The van der Waals surface area contributed by atoms with Crippen LogP contribution in [0.25, 0.3) is 11.1 Å². The third-order valence-corrected chi connectivity index (χ3v) is 4.72. The SMILES string of the molecule is Cc1noc(C)c1-c1cc(OCC(O)CN2CCC(F)(F)C2)cc(C(F)(F)F)c1. The van der Waals surface area contributed by atoms with E-state index in [1.807, 2.05) is 0 Å². The first-order chi connectivity index (χ1) is 13.4. The molecule has 5 nitrogen and oxygen atoms in total. The number of ether oxygens (including phenoxy) is 1. The minimum atomic E-state index is -4.60. The van der Waals surface area contributed by atoms with Crippen molar-refractivity contribution in [3.63, 3.8) is 0 Å². The third-order valence-electron chi connectivity index (χ3n) is 4.72. The fourth-order valence-corrected chi connectivity index (χ4v) is 3.39. The molecule has 0 saturated carbocycles. The summed E-state index contributed by atoms with van der Waals surface area (Å²) in [7, 11) is 0. The molecule has 2 heterocycles. The number of aliphatic hydroxyl groups excluding tert-OH is 1. The highest BCUT2D eigenvalue weighted by molar-refractivity contribution is 5.70. The summed E-state index contributed by atoms with van der Waals surface area (Å²) in [6, 6.07) is 3.21. The van der Waals surface area contributed by atoms with Gasteiger partial charge in [0, 0.05) is 25.1 Å². The van der Waals surface area contributed by atoms with Crippen molar-refractivity contribution in [1.82, 2.24) is 10.1 Å². The molecule has 1 aromatic heterocycles. The van der Waals surface area contributed by atoms with Gasteiger partial charge in [-0.05, 0) is 37.6 Å². The maximum absolute atomic E-state index is 13.3. The fourth-order valence-electron chi connectivity index (χ4n) is 3.39. The van der Waals surface area contributed by atoms with E-state index in [4.69, 9.17) is 9.26 Å². The maximum atomic E-state index is 13.3. The molecule has 0 bridgehead atoms. The molecule has 1 aliphatic heterocycles. The molecule has 1 saturated heterocycles. The Morgan fingerprint density at radius 1 is 1.28 bits per heavy atom. The molecule has 1 atom stereocenters. The molecule has 10 heteroatoms. The first kappa shape index (κ1) is 21.5. The lowest BCUT2D eigenvalue weighted by Crippen LogP contribution is -2.35. The van der Waals surface area contributed by atoms with E-state index in [1.54, 1.807) is 13.8 Å². The highest BCUT2D eigenvalue weighted by atomic mass is 19.4. The number of nitrogens with zero attached hydrogens (tertiary/aromatic N) is 2. The number of aromatic nitrogens is 1. The van der Waals surface area contributed by atoms with Gasteiger partial charge in [0.25, 0.3) is 5.92 Å². The zero-order chi connectivity index (χ0) is 21.4. The molecule has 0 aliphatic carbocycles. The Labute approximate surface area is 164 Å². The van der Waals surface area contributed by atoms with E-state index in [9.17, 15) is 27.1 Å². The zero-order valence-electron chi connectivity index (χ0n) is 15.9. The van der Waals surface area contributed by atoms with Crippen LogP contribution in [-0.4, -0.2) is 53.4 Å². The van der Waals surface area contributed by atoms with Crippen molar-refractivity contribution in [2.45, 2.75) is 38.5 Å². The summed E-state index contributed by atoms with van der Waals surface area (Å²) < 4.78 is 76.8. The summed E-state index contributed by atoms with van der Waals surface area (Å²) in [5.41, 5.74) is 0.169. The summed E-state index contributed by atoms with van der Waals surface area (Å²) in [6.45, 7) is 2.51. The molecular weight excluding hydrogens is 399 g/mol. The quantitative estimate of drug-likeness (QED) is 0.715. The second kappa shape index (κ2) is 7.91. The van der Waals surface area contributed by atoms with Crippen LogP contribution in [0.1, 0.15) is 23.4 Å². The van der Waals surface area contributed by atoms with E-state index in [-0.39, 0.29) is 37.4 Å². The monoisotopic (exact) mass is 420 g/mol. The Bertz CT molecular complexity index is 847. The molecule has 1 N–H and O–H groups in total. The Balaban J connectivity index is 1.75. The largest absolute Gasteiger partial charge is 0.491 e. The lowest BCUT2D eigenvalue weighted by molar-refractivity contribution is -0.137. The van der Waals surface area contributed by atoms with E-state index in [2.05, 4.69) is 5.16 Å². The van der Waals surface area contributed by atoms with E-state index >= 15 is 0 Å². The van der Waals surface area contributed by atoms with Crippen molar-refractivity contribution in [3.05, 3.63) is 35.2 Å². The lowest BCUT2D eigenvalue weighted by atomic mass is 10.0. The predicted molar refractivity (Wildman–Crippen MR) is 93.9 cm³/mol. The topological polar surface area (TPSA) is 58.7 Å². The number of hydrogen-bond acceptors (Lipinski definition) is 5. The van der Waals surface area contributed by atoms with Gasteiger partial charge in [0.1, 0.15) is 24.2 Å². The number of hydrogen-bond donors (Lipinski definition) is 1. The molecule has 1 aliphatic rings. The molecule has 1 fully saturated rings. The van der Waals surface area contributed by atoms with Crippen molar-refractivity contribution in [2.24, 2.45) is 0 Å². The predicted octanol–water partition coefficient (Wildman–Crippen LogP) is 4.06. The van der Waals surface area contributed by atoms with Crippen molar-refractivity contribution < 1.29 is 36.3 Å². The summed E-state index contributed by atoms with van der Waals surface area (Å²) in [6.07, 6.45) is -6.01. The molecule has 1 unspecified atom stereocenters. The standard InChI is InChI=1S/C19H21F5N2O3/c1-11-17(12(2)29-25-11)13-5-14(19(22,23)24)7-16(6-13)28-9-15(27)8-26-4-3-18(20,21)10-26/h5-7,15,27H,3-4,8-10H2,1-2H3. The minimum absolute atomic E-state index is 0.0503. The van der Waals surface area contributed by atoms with Crippen LogP contribution in [0, 0.1) is 13.8 Å². The normalized spacial score (nSPS) is 18.2. The van der Waals surface area contributed by atoms with Crippen molar-refractivity contribution in [2.75, 3.05) is 26.2 Å². The molecule has 0 radical (unpaired) electrons. The molecular formula is C19H21F5N2O3. The van der Waals surface area contributed by atoms with E-state index in [0.29, 0.717) is 17.0 Å². The Hall–Kier alpha value is -2.20. The van der Waals surface area contributed by atoms with Gasteiger partial charge in [0.2, 0.25) is 0 Å². The Morgan fingerprint density at radius 3 is 2.55 bits per heavy atom. The van der Waals surface area contributed by atoms with Gasteiger partial charge < -0.3 is 14.4 Å². The van der Waals surface area contributed by atoms with Crippen LogP contribution in [0.2, 0.25) is 0 Å². The second-order valence-electron chi connectivity index (χ2n) is 7.25. The zero-order valence-corrected chi connectivity index (χ0v) is 15.9. The van der Waals surface area contributed by atoms with Crippen LogP contribution in [0.4, 0.5) is 22.0 Å². The summed E-state index contributed by atoms with van der Waals surface area (Å²) in [5, 5.41) is 13.8. The molecule has 2 aromatic rings. The highest BCUT2D eigenvalue weighted by Crippen LogP contribution is 2.37. The number of halogens is 5. The van der Waals surface area contributed by atoms with Crippen molar-refractivity contribution >= 4 is 0 Å². The van der Waals surface area contributed by atoms with E-state index in [1.165, 1.54) is 11.0 Å². The average molecular weight is 420 g/mol. The van der Waals surface area contributed by atoms with Crippen molar-refractivity contribution in [1.29, 1.82) is 0 Å². The summed E-state index contributed by atoms with van der Waals surface area (Å²) in [5.74, 6) is -2.52. The van der Waals surface area contributed by atoms with Crippen LogP contribution >= 0.6 is 0 Å². The molecule has 160 valence electrons. The number of rotatable bonds is 6. The number of aliphatic hydroxyl groups is 1. The van der Waals surface area contributed by atoms with E-state index in [0.717, 1.165) is 12.1 Å².